The average molecular weight is 357 g/mol. The first kappa shape index (κ1) is 15.9. The second kappa shape index (κ2) is 6.43. The Kier molecular flexibility index (Phi) is 3.78. The van der Waals surface area contributed by atoms with Crippen LogP contribution in [0.4, 0.5) is 0 Å². The lowest BCUT2D eigenvalue weighted by Gasteiger charge is -2.16. The number of aromatic nitrogens is 2. The van der Waals surface area contributed by atoms with E-state index in [4.69, 9.17) is 4.74 Å². The van der Waals surface area contributed by atoms with Gasteiger partial charge in [0.2, 0.25) is 5.88 Å². The highest BCUT2D eigenvalue weighted by molar-refractivity contribution is 5.95. The van der Waals surface area contributed by atoms with Crippen LogP contribution in [-0.2, 0) is 0 Å². The van der Waals surface area contributed by atoms with Gasteiger partial charge in [0.1, 0.15) is 6.10 Å². The molecule has 4 aromatic rings. The Morgan fingerprint density at radius 3 is 2.89 bits per heavy atom. The number of carbonyl (C=O) groups excluding carboxylic acids is 1. The molecular formula is C22H19N3O2. The fraction of sp³-hybridized carbons (Fsp3) is 0.182. The topological polar surface area (TPSA) is 46.8 Å². The number of ether oxygens (including phenoxy) is 1. The lowest BCUT2D eigenvalue weighted by Crippen LogP contribution is -2.30. The van der Waals surface area contributed by atoms with E-state index < -0.39 is 0 Å². The third-order valence-corrected chi connectivity index (χ3v) is 5.04. The van der Waals surface area contributed by atoms with Crippen LogP contribution in [0.25, 0.3) is 16.4 Å². The Balaban J connectivity index is 1.29. The number of amides is 1. The molecule has 5 rings (SSSR count). The van der Waals surface area contributed by atoms with Gasteiger partial charge in [0.25, 0.3) is 5.91 Å². The number of rotatable bonds is 3. The van der Waals surface area contributed by atoms with Crippen molar-refractivity contribution in [3.8, 4) is 5.88 Å². The minimum absolute atomic E-state index is 0.0281. The third-order valence-electron chi connectivity index (χ3n) is 5.04. The summed E-state index contributed by atoms with van der Waals surface area (Å²) < 4.78 is 8.02. The molecule has 0 bridgehead atoms. The van der Waals surface area contributed by atoms with Gasteiger partial charge in [-0.25, -0.2) is 4.98 Å². The van der Waals surface area contributed by atoms with Gasteiger partial charge >= 0.3 is 0 Å². The van der Waals surface area contributed by atoms with E-state index in [9.17, 15) is 4.79 Å². The van der Waals surface area contributed by atoms with E-state index in [2.05, 4.69) is 4.98 Å². The number of pyridine rings is 2. The second-order valence-electron chi connectivity index (χ2n) is 6.88. The standard InChI is InChI=1S/C22H19N3O2/c26-22(17-13-18-6-3-4-11-24(18)14-17)25-12-10-19(15-25)27-21-9-8-16-5-1-2-7-20(16)23-21/h1-9,11,13-14,19H,10,12,15H2. The van der Waals surface area contributed by atoms with Gasteiger partial charge in [0.05, 0.1) is 17.6 Å². The number of benzene rings is 1. The lowest BCUT2D eigenvalue weighted by atomic mass is 10.2. The summed E-state index contributed by atoms with van der Waals surface area (Å²) in [4.78, 5) is 19.3. The first-order chi connectivity index (χ1) is 13.3. The molecule has 0 N–H and O–H groups in total. The van der Waals surface area contributed by atoms with Crippen LogP contribution in [0.15, 0.2) is 73.1 Å². The fourth-order valence-corrected chi connectivity index (χ4v) is 3.65. The summed E-state index contributed by atoms with van der Waals surface area (Å²) in [6, 6.07) is 19.7. The van der Waals surface area contributed by atoms with Gasteiger partial charge < -0.3 is 14.0 Å². The van der Waals surface area contributed by atoms with E-state index in [1.165, 1.54) is 0 Å². The molecule has 0 radical (unpaired) electrons. The summed E-state index contributed by atoms with van der Waals surface area (Å²) in [5, 5.41) is 1.09. The number of hydrogen-bond acceptors (Lipinski definition) is 3. The molecule has 1 aliphatic heterocycles. The predicted molar refractivity (Wildman–Crippen MR) is 104 cm³/mol. The van der Waals surface area contributed by atoms with Crippen molar-refractivity contribution in [3.05, 3.63) is 78.6 Å². The Morgan fingerprint density at radius 2 is 1.96 bits per heavy atom. The van der Waals surface area contributed by atoms with Crippen LogP contribution in [0.5, 0.6) is 5.88 Å². The molecule has 5 heteroatoms. The van der Waals surface area contributed by atoms with E-state index in [0.717, 1.165) is 22.8 Å². The summed E-state index contributed by atoms with van der Waals surface area (Å²) >= 11 is 0. The third kappa shape index (κ3) is 3.01. The van der Waals surface area contributed by atoms with Crippen molar-refractivity contribution in [2.45, 2.75) is 12.5 Å². The van der Waals surface area contributed by atoms with Crippen LogP contribution >= 0.6 is 0 Å². The number of para-hydroxylation sites is 1. The van der Waals surface area contributed by atoms with Crippen molar-refractivity contribution < 1.29 is 9.53 Å². The Bertz CT molecular complexity index is 1100. The summed E-state index contributed by atoms with van der Waals surface area (Å²) in [6.07, 6.45) is 4.62. The van der Waals surface area contributed by atoms with Crippen molar-refractivity contribution >= 4 is 22.3 Å². The minimum Gasteiger partial charge on any atom is -0.472 e. The summed E-state index contributed by atoms with van der Waals surface area (Å²) in [7, 11) is 0. The first-order valence-corrected chi connectivity index (χ1v) is 9.15. The van der Waals surface area contributed by atoms with E-state index >= 15 is 0 Å². The predicted octanol–water partition coefficient (Wildman–Crippen LogP) is 3.78. The van der Waals surface area contributed by atoms with Crippen molar-refractivity contribution in [1.29, 1.82) is 0 Å². The highest BCUT2D eigenvalue weighted by atomic mass is 16.5. The Labute approximate surface area is 156 Å². The zero-order valence-corrected chi connectivity index (χ0v) is 14.8. The zero-order chi connectivity index (χ0) is 18.2. The molecule has 1 fully saturated rings. The highest BCUT2D eigenvalue weighted by Crippen LogP contribution is 2.22. The first-order valence-electron chi connectivity index (χ1n) is 9.15. The molecule has 27 heavy (non-hydrogen) atoms. The molecule has 1 saturated heterocycles. The average Bonchev–Trinajstić information content (AvgIpc) is 3.34. The molecule has 0 aliphatic carbocycles. The van der Waals surface area contributed by atoms with Gasteiger partial charge in [-0.05, 0) is 30.3 Å². The van der Waals surface area contributed by atoms with Crippen LogP contribution in [0.3, 0.4) is 0 Å². The molecule has 0 saturated carbocycles. The van der Waals surface area contributed by atoms with Crippen LogP contribution in [-0.4, -0.2) is 39.4 Å². The molecular weight excluding hydrogens is 338 g/mol. The molecule has 1 atom stereocenters. The maximum atomic E-state index is 12.8. The Morgan fingerprint density at radius 1 is 1.07 bits per heavy atom. The molecule has 1 unspecified atom stereocenters. The molecule has 1 amide bonds. The maximum Gasteiger partial charge on any atom is 0.255 e. The van der Waals surface area contributed by atoms with Gasteiger partial charge in [0.15, 0.2) is 0 Å². The number of nitrogens with zero attached hydrogens (tertiary/aromatic N) is 3. The minimum atomic E-state index is -0.0281. The maximum absolute atomic E-state index is 12.8. The summed E-state index contributed by atoms with van der Waals surface area (Å²) in [5.41, 5.74) is 2.65. The van der Waals surface area contributed by atoms with Crippen LogP contribution in [0.2, 0.25) is 0 Å². The van der Waals surface area contributed by atoms with Crippen molar-refractivity contribution in [3.63, 3.8) is 0 Å². The van der Waals surface area contributed by atoms with E-state index in [1.807, 2.05) is 82.4 Å². The number of hydrogen-bond donors (Lipinski definition) is 0. The fourth-order valence-electron chi connectivity index (χ4n) is 3.65. The van der Waals surface area contributed by atoms with Gasteiger partial charge in [0, 0.05) is 42.3 Å². The van der Waals surface area contributed by atoms with E-state index in [1.54, 1.807) is 0 Å². The summed E-state index contributed by atoms with van der Waals surface area (Å²) in [6.45, 7) is 1.28. The van der Waals surface area contributed by atoms with Gasteiger partial charge in [-0.1, -0.05) is 24.3 Å². The molecule has 4 heterocycles. The Hall–Kier alpha value is -3.34. The van der Waals surface area contributed by atoms with Gasteiger partial charge in [-0.3, -0.25) is 4.79 Å². The van der Waals surface area contributed by atoms with Gasteiger partial charge in [-0.2, -0.15) is 0 Å². The van der Waals surface area contributed by atoms with Gasteiger partial charge in [-0.15, -0.1) is 0 Å². The molecule has 1 aromatic carbocycles. The SMILES string of the molecule is O=C(c1cc2ccccn2c1)N1CCC(Oc2ccc3ccccc3n2)C1. The normalized spacial score (nSPS) is 16.9. The molecule has 134 valence electrons. The molecule has 1 aliphatic rings. The quantitative estimate of drug-likeness (QED) is 0.561. The van der Waals surface area contributed by atoms with Crippen molar-refractivity contribution in [2.75, 3.05) is 13.1 Å². The van der Waals surface area contributed by atoms with E-state index in [-0.39, 0.29) is 12.0 Å². The number of fused-ring (bicyclic) bond motifs is 2. The van der Waals surface area contributed by atoms with Crippen molar-refractivity contribution in [1.82, 2.24) is 14.3 Å². The van der Waals surface area contributed by atoms with Crippen molar-refractivity contribution in [2.24, 2.45) is 0 Å². The highest BCUT2D eigenvalue weighted by Gasteiger charge is 2.29. The largest absolute Gasteiger partial charge is 0.472 e. The van der Waals surface area contributed by atoms with Crippen LogP contribution < -0.4 is 4.74 Å². The smallest absolute Gasteiger partial charge is 0.255 e. The molecule has 3 aromatic heterocycles. The number of carbonyl (C=O) groups is 1. The number of likely N-dealkylation sites (tertiary alicyclic amines) is 1. The lowest BCUT2D eigenvalue weighted by molar-refractivity contribution is 0.0771. The van der Waals surface area contributed by atoms with Crippen LogP contribution in [0.1, 0.15) is 16.8 Å². The molecule has 0 spiro atoms. The zero-order valence-electron chi connectivity index (χ0n) is 14.8. The summed E-state index contributed by atoms with van der Waals surface area (Å²) in [5.74, 6) is 0.666. The van der Waals surface area contributed by atoms with E-state index in [0.29, 0.717) is 24.5 Å². The molecule has 5 nitrogen and oxygen atoms in total. The second-order valence-corrected chi connectivity index (χ2v) is 6.88. The monoisotopic (exact) mass is 357 g/mol. The van der Waals surface area contributed by atoms with Crippen LogP contribution in [0, 0.1) is 0 Å².